The first-order valence-electron chi connectivity index (χ1n) is 21.2. The standard InChI is InChI=1S/C47H60N4O7S/c1-4-5-6-7-8-9-10-11-12-13-14-15-16-17-18-23-32-58-42-33-35-24-19-20-25-36(35)45(47(42)54)51-59(55,56)43-31-30-39(48-34(2)52)44-37(43)28-29-40(46(44)53)50-49-38-26-21-22-27-41(38)57-3/h19-22,24-31,33,51,53-54H,4-18,23,32H2,1-3H3,(H,48,52). The zero-order valence-corrected chi connectivity index (χ0v) is 35.6. The number of anilines is 2. The Bertz CT molecular complexity index is 2290. The van der Waals surface area contributed by atoms with Gasteiger partial charge >= 0.3 is 0 Å². The van der Waals surface area contributed by atoms with Crippen LogP contribution in [0.4, 0.5) is 22.7 Å². The lowest BCUT2D eigenvalue weighted by Gasteiger charge is -2.18. The first kappa shape index (κ1) is 44.7. The highest BCUT2D eigenvalue weighted by Gasteiger charge is 2.25. The van der Waals surface area contributed by atoms with Gasteiger partial charge in [0.2, 0.25) is 5.91 Å². The van der Waals surface area contributed by atoms with Crippen molar-refractivity contribution in [1.29, 1.82) is 0 Å². The van der Waals surface area contributed by atoms with E-state index in [0.29, 0.717) is 28.8 Å². The van der Waals surface area contributed by atoms with Crippen molar-refractivity contribution in [3.05, 3.63) is 78.9 Å². The normalized spacial score (nSPS) is 11.7. The molecule has 0 unspecified atom stereocenters. The van der Waals surface area contributed by atoms with Gasteiger partial charge in [-0.25, -0.2) is 8.42 Å². The number of hydrogen-bond acceptors (Lipinski definition) is 9. The van der Waals surface area contributed by atoms with Crippen LogP contribution in [0.25, 0.3) is 21.5 Å². The maximum Gasteiger partial charge on any atom is 0.262 e. The van der Waals surface area contributed by atoms with Crippen LogP contribution in [0.2, 0.25) is 0 Å². The minimum atomic E-state index is -4.42. The molecule has 0 fully saturated rings. The molecule has 0 saturated carbocycles. The smallest absolute Gasteiger partial charge is 0.262 e. The highest BCUT2D eigenvalue weighted by Crippen LogP contribution is 2.45. The number of amides is 1. The van der Waals surface area contributed by atoms with Crippen LogP contribution >= 0.6 is 0 Å². The summed E-state index contributed by atoms with van der Waals surface area (Å²) in [6.07, 6.45) is 20.2. The lowest BCUT2D eigenvalue weighted by atomic mass is 10.0. The van der Waals surface area contributed by atoms with Gasteiger partial charge in [-0.15, -0.1) is 10.2 Å². The second-order valence-corrected chi connectivity index (χ2v) is 16.7. The summed E-state index contributed by atoms with van der Waals surface area (Å²) >= 11 is 0. The average Bonchev–Trinajstić information content (AvgIpc) is 3.22. The van der Waals surface area contributed by atoms with E-state index in [1.165, 1.54) is 122 Å². The fourth-order valence-electron chi connectivity index (χ4n) is 7.37. The van der Waals surface area contributed by atoms with Crippen LogP contribution < -0.4 is 19.5 Å². The number of para-hydroxylation sites is 1. The molecule has 12 heteroatoms. The van der Waals surface area contributed by atoms with E-state index in [1.807, 2.05) is 12.1 Å². The highest BCUT2D eigenvalue weighted by atomic mass is 32.2. The third-order valence-electron chi connectivity index (χ3n) is 10.5. The summed E-state index contributed by atoms with van der Waals surface area (Å²) < 4.78 is 42.6. The molecule has 0 aliphatic heterocycles. The molecule has 0 radical (unpaired) electrons. The molecule has 0 heterocycles. The van der Waals surface area contributed by atoms with Crippen molar-refractivity contribution in [2.75, 3.05) is 23.8 Å². The molecule has 11 nitrogen and oxygen atoms in total. The Kier molecular flexibility index (Phi) is 17.2. The SMILES string of the molecule is CCCCCCCCCCCCCCCCCCOc1cc2ccccc2c(NS(=O)(=O)c2ccc(NC(C)=O)c3c(O)c(N=Nc4ccccc4OC)ccc23)c1O. The van der Waals surface area contributed by atoms with E-state index >= 15 is 0 Å². The molecule has 0 aliphatic rings. The van der Waals surface area contributed by atoms with E-state index in [1.54, 1.807) is 42.5 Å². The van der Waals surface area contributed by atoms with Crippen LogP contribution in [-0.4, -0.2) is 38.3 Å². The van der Waals surface area contributed by atoms with Crippen LogP contribution in [0, 0.1) is 0 Å². The largest absolute Gasteiger partial charge is 0.505 e. The van der Waals surface area contributed by atoms with Crippen molar-refractivity contribution in [3.8, 4) is 23.0 Å². The second kappa shape index (κ2) is 22.7. The minimum absolute atomic E-state index is 0.0318. The second-order valence-electron chi connectivity index (χ2n) is 15.1. The molecular weight excluding hydrogens is 765 g/mol. The van der Waals surface area contributed by atoms with Crippen molar-refractivity contribution in [2.24, 2.45) is 10.2 Å². The van der Waals surface area contributed by atoms with Crippen molar-refractivity contribution >= 4 is 60.2 Å². The van der Waals surface area contributed by atoms with Crippen molar-refractivity contribution in [1.82, 2.24) is 0 Å². The van der Waals surface area contributed by atoms with Gasteiger partial charge in [-0.3, -0.25) is 9.52 Å². The van der Waals surface area contributed by atoms with E-state index in [0.717, 1.165) is 19.3 Å². The summed E-state index contributed by atoms with van der Waals surface area (Å²) in [5, 5.41) is 35.4. The molecule has 5 aromatic rings. The molecule has 1 amide bonds. The molecule has 0 aliphatic carbocycles. The minimum Gasteiger partial charge on any atom is -0.505 e. The number of hydrogen-bond donors (Lipinski definition) is 4. The summed E-state index contributed by atoms with van der Waals surface area (Å²) in [4.78, 5) is 12.0. The molecule has 0 bridgehead atoms. The first-order valence-corrected chi connectivity index (χ1v) is 22.6. The third-order valence-corrected chi connectivity index (χ3v) is 11.9. The maximum absolute atomic E-state index is 14.3. The number of nitrogens with zero attached hydrogens (tertiary/aromatic N) is 2. The Hall–Kier alpha value is -5.36. The van der Waals surface area contributed by atoms with Gasteiger partial charge in [0.15, 0.2) is 17.2 Å². The molecule has 0 aromatic heterocycles. The Balaban J connectivity index is 1.24. The molecule has 0 saturated heterocycles. The Morgan fingerprint density at radius 3 is 1.90 bits per heavy atom. The Morgan fingerprint density at radius 2 is 1.25 bits per heavy atom. The Labute approximate surface area is 349 Å². The van der Waals surface area contributed by atoms with Gasteiger partial charge in [-0.05, 0) is 48.2 Å². The van der Waals surface area contributed by atoms with Crippen molar-refractivity contribution in [2.45, 2.75) is 121 Å². The first-order chi connectivity index (χ1) is 28.6. The molecular formula is C47H60N4O7S. The highest BCUT2D eigenvalue weighted by molar-refractivity contribution is 7.93. The van der Waals surface area contributed by atoms with Gasteiger partial charge in [-0.1, -0.05) is 146 Å². The summed E-state index contributed by atoms with van der Waals surface area (Å²) in [6.45, 7) is 3.95. The number of ether oxygens (including phenoxy) is 2. The number of benzene rings is 5. The number of rotatable bonds is 25. The molecule has 0 spiro atoms. The van der Waals surface area contributed by atoms with E-state index in [9.17, 15) is 23.4 Å². The number of azo groups is 1. The van der Waals surface area contributed by atoms with Gasteiger partial charge in [-0.2, -0.15) is 0 Å². The predicted molar refractivity (Wildman–Crippen MR) is 239 cm³/mol. The van der Waals surface area contributed by atoms with Crippen LogP contribution in [0.1, 0.15) is 117 Å². The number of nitrogens with one attached hydrogen (secondary N) is 2. The number of phenolic OH excluding ortho intramolecular Hbond substituents is 2. The van der Waals surface area contributed by atoms with Crippen LogP contribution in [0.3, 0.4) is 0 Å². The molecule has 316 valence electrons. The van der Waals surface area contributed by atoms with E-state index in [2.05, 4.69) is 27.2 Å². The van der Waals surface area contributed by atoms with E-state index in [4.69, 9.17) is 9.47 Å². The number of carbonyl (C=O) groups excluding carboxylic acids is 1. The lowest BCUT2D eigenvalue weighted by Crippen LogP contribution is -2.15. The van der Waals surface area contributed by atoms with Crippen molar-refractivity contribution in [3.63, 3.8) is 0 Å². The summed E-state index contributed by atoms with van der Waals surface area (Å²) in [7, 11) is -2.92. The lowest BCUT2D eigenvalue weighted by molar-refractivity contribution is -0.114. The zero-order chi connectivity index (χ0) is 42.0. The topological polar surface area (TPSA) is 159 Å². The molecule has 5 aromatic carbocycles. The molecule has 5 rings (SSSR count). The number of fused-ring (bicyclic) bond motifs is 2. The van der Waals surface area contributed by atoms with E-state index in [-0.39, 0.29) is 50.0 Å². The fourth-order valence-corrected chi connectivity index (χ4v) is 8.66. The summed E-state index contributed by atoms with van der Waals surface area (Å²) in [5.41, 5.74) is 0.599. The van der Waals surface area contributed by atoms with Gasteiger partial charge < -0.3 is 25.0 Å². The summed E-state index contributed by atoms with van der Waals surface area (Å²) in [6, 6.07) is 21.5. The number of methoxy groups -OCH3 is 1. The number of phenols is 2. The fraction of sp³-hybridized carbons (Fsp3) is 0.426. The molecule has 59 heavy (non-hydrogen) atoms. The van der Waals surface area contributed by atoms with Crippen LogP contribution in [0.5, 0.6) is 23.0 Å². The van der Waals surface area contributed by atoms with Gasteiger partial charge in [0.1, 0.15) is 22.8 Å². The third kappa shape index (κ3) is 12.6. The van der Waals surface area contributed by atoms with Gasteiger partial charge in [0.25, 0.3) is 10.0 Å². The predicted octanol–water partition coefficient (Wildman–Crippen LogP) is 13.2. The summed E-state index contributed by atoms with van der Waals surface area (Å²) in [5.74, 6) is -0.492. The number of carbonyl (C=O) groups is 1. The Morgan fingerprint density at radius 1 is 0.661 bits per heavy atom. The van der Waals surface area contributed by atoms with Crippen LogP contribution in [0.15, 0.2) is 94.0 Å². The maximum atomic E-state index is 14.3. The molecule has 0 atom stereocenters. The van der Waals surface area contributed by atoms with Crippen molar-refractivity contribution < 1.29 is 32.9 Å². The number of sulfonamides is 1. The monoisotopic (exact) mass is 824 g/mol. The average molecular weight is 825 g/mol. The quantitative estimate of drug-likeness (QED) is 0.0259. The van der Waals surface area contributed by atoms with Gasteiger partial charge in [0, 0.05) is 17.7 Å². The van der Waals surface area contributed by atoms with Gasteiger partial charge in [0.05, 0.1) is 29.7 Å². The number of unbranched alkanes of at least 4 members (excludes halogenated alkanes) is 15. The van der Waals surface area contributed by atoms with E-state index < -0.39 is 15.9 Å². The zero-order valence-electron chi connectivity index (χ0n) is 34.8. The number of aromatic hydroxyl groups is 2. The van der Waals surface area contributed by atoms with Crippen LogP contribution in [-0.2, 0) is 14.8 Å². The molecule has 4 N–H and O–H groups in total.